The van der Waals surface area contributed by atoms with E-state index >= 15 is 0 Å². The molecule has 6 nitrogen and oxygen atoms in total. The molecule has 3 heterocycles. The zero-order chi connectivity index (χ0) is 23.3. The van der Waals surface area contributed by atoms with Gasteiger partial charge in [-0.25, -0.2) is 9.40 Å². The van der Waals surface area contributed by atoms with Crippen LogP contribution in [-0.4, -0.2) is 62.3 Å². The van der Waals surface area contributed by atoms with E-state index < -0.39 is 12.7 Å². The summed E-state index contributed by atoms with van der Waals surface area (Å²) in [5.41, 5.74) is 6.77. The van der Waals surface area contributed by atoms with Crippen LogP contribution in [0.5, 0.6) is 0 Å². The maximum Gasteiger partial charge on any atom is 0.401 e. The minimum absolute atomic E-state index is 0.299. The number of rotatable bonds is 5. The van der Waals surface area contributed by atoms with Gasteiger partial charge in [0.1, 0.15) is 0 Å². The highest BCUT2D eigenvalue weighted by atomic mass is 32.2. The van der Waals surface area contributed by atoms with Gasteiger partial charge in [-0.2, -0.15) is 18.2 Å². The van der Waals surface area contributed by atoms with Crippen molar-refractivity contribution in [3.8, 4) is 0 Å². The van der Waals surface area contributed by atoms with Gasteiger partial charge in [-0.1, -0.05) is 6.07 Å². The number of hydrogen-bond acceptors (Lipinski definition) is 6. The predicted molar refractivity (Wildman–Crippen MR) is 126 cm³/mol. The Labute approximate surface area is 202 Å². The van der Waals surface area contributed by atoms with Crippen molar-refractivity contribution in [1.82, 2.24) is 24.4 Å². The van der Waals surface area contributed by atoms with E-state index in [1.807, 2.05) is 0 Å². The van der Waals surface area contributed by atoms with E-state index in [1.165, 1.54) is 52.7 Å². The summed E-state index contributed by atoms with van der Waals surface area (Å²) < 4.78 is 41.3. The molecule has 1 aromatic heterocycles. The third-order valence-electron chi connectivity index (χ3n) is 8.16. The normalized spacial score (nSPS) is 22.4. The van der Waals surface area contributed by atoms with Crippen LogP contribution in [0.15, 0.2) is 11.2 Å². The summed E-state index contributed by atoms with van der Waals surface area (Å²) in [6.45, 7) is 1.25. The van der Waals surface area contributed by atoms with Gasteiger partial charge in [0.05, 0.1) is 6.54 Å². The zero-order valence-electron chi connectivity index (χ0n) is 19.3. The molecule has 0 unspecified atom stereocenters. The summed E-state index contributed by atoms with van der Waals surface area (Å²) in [4.78, 5) is 6.37. The summed E-state index contributed by atoms with van der Waals surface area (Å²) in [5, 5.41) is 11.7. The molecule has 184 valence electrons. The Morgan fingerprint density at radius 1 is 0.971 bits per heavy atom. The Balaban J connectivity index is 1.10. The molecule has 2 aliphatic heterocycles. The Hall–Kier alpha value is -1.78. The molecular weight excluding hydrogens is 461 g/mol. The van der Waals surface area contributed by atoms with Crippen molar-refractivity contribution in [2.45, 2.75) is 81.1 Å². The first-order valence-corrected chi connectivity index (χ1v) is 13.3. The fraction of sp³-hybridized carbons (Fsp3) is 0.667. The lowest BCUT2D eigenvalue weighted by molar-refractivity contribution is -0.157. The zero-order valence-corrected chi connectivity index (χ0v) is 20.1. The summed E-state index contributed by atoms with van der Waals surface area (Å²) in [5.74, 6) is 0.664. The van der Waals surface area contributed by atoms with E-state index in [2.05, 4.69) is 30.9 Å². The molecule has 34 heavy (non-hydrogen) atoms. The number of H-pyrrole nitrogens is 1. The number of nitrogens with one attached hydrogen (secondary N) is 2. The number of piperidine rings is 1. The lowest BCUT2D eigenvalue weighted by atomic mass is 9.86. The summed E-state index contributed by atoms with van der Waals surface area (Å²) in [7, 11) is 0. The van der Waals surface area contributed by atoms with Crippen LogP contribution in [0, 0.1) is 0 Å². The van der Waals surface area contributed by atoms with Crippen molar-refractivity contribution in [1.29, 1.82) is 0 Å². The fourth-order valence-corrected chi connectivity index (χ4v) is 7.38. The second kappa shape index (κ2) is 8.71. The van der Waals surface area contributed by atoms with Crippen LogP contribution in [0.25, 0.3) is 0 Å². The number of aryl methyl sites for hydroxylation is 2. The maximum atomic E-state index is 13.0. The van der Waals surface area contributed by atoms with E-state index in [1.54, 1.807) is 4.90 Å². The largest absolute Gasteiger partial charge is 0.401 e. The minimum Gasteiger partial charge on any atom is -0.324 e. The molecule has 0 atom stereocenters. The number of fused-ring (bicyclic) bond motifs is 2. The molecule has 4 aliphatic rings. The number of halogens is 3. The third kappa shape index (κ3) is 4.33. The molecule has 2 aliphatic carbocycles. The second-order valence-corrected chi connectivity index (χ2v) is 11.3. The topological polar surface area (TPSA) is 60.1 Å². The van der Waals surface area contributed by atoms with Gasteiger partial charge in [-0.3, -0.25) is 4.90 Å². The molecule has 0 bridgehead atoms. The first-order chi connectivity index (χ1) is 16.4. The van der Waals surface area contributed by atoms with Crippen molar-refractivity contribution >= 4 is 23.6 Å². The first kappa shape index (κ1) is 22.7. The Bertz CT molecular complexity index is 1030. The quantitative estimate of drug-likeness (QED) is 0.572. The summed E-state index contributed by atoms with van der Waals surface area (Å²) >= 11 is 1.50. The van der Waals surface area contributed by atoms with Gasteiger partial charge in [-0.05, 0) is 93.0 Å². The number of anilines is 2. The second-order valence-electron chi connectivity index (χ2n) is 10.2. The molecule has 1 aromatic carbocycles. The Morgan fingerprint density at radius 3 is 2.35 bits per heavy atom. The SMILES string of the molecule is FC(F)(F)CN1CCCC12CCN(Sc1n[nH]c(Nc3c4c(cc5c3CCC5)CCC4)n1)CC2. The van der Waals surface area contributed by atoms with E-state index in [9.17, 15) is 13.2 Å². The number of benzene rings is 1. The average molecular weight is 493 g/mol. The van der Waals surface area contributed by atoms with Crippen LogP contribution < -0.4 is 5.32 Å². The molecule has 6 rings (SSSR count). The molecule has 0 saturated carbocycles. The molecule has 0 radical (unpaired) electrons. The first-order valence-electron chi connectivity index (χ1n) is 12.5. The molecule has 1 spiro atoms. The minimum atomic E-state index is -4.13. The Kier molecular flexibility index (Phi) is 5.81. The fourth-order valence-electron chi connectivity index (χ4n) is 6.56. The number of aromatic nitrogens is 3. The van der Waals surface area contributed by atoms with Crippen molar-refractivity contribution in [2.75, 3.05) is 31.5 Å². The van der Waals surface area contributed by atoms with Gasteiger partial charge < -0.3 is 5.32 Å². The molecule has 2 aromatic rings. The molecule has 0 amide bonds. The number of aromatic amines is 1. The maximum absolute atomic E-state index is 13.0. The van der Waals surface area contributed by atoms with E-state index in [-0.39, 0.29) is 5.54 Å². The standard InChI is InChI=1S/C24H31F3N6S/c25-24(26,27)15-32-11-3-8-23(32)9-12-33(13-10-23)34-22-29-21(30-31-22)28-20-18-6-1-4-16(18)14-17-5-2-7-19(17)20/h14H,1-13,15H2,(H2,28,29,30,31). The highest BCUT2D eigenvalue weighted by molar-refractivity contribution is 7.96. The van der Waals surface area contributed by atoms with Crippen LogP contribution in [-0.2, 0) is 25.7 Å². The van der Waals surface area contributed by atoms with E-state index in [0.29, 0.717) is 17.6 Å². The lowest BCUT2D eigenvalue weighted by Gasteiger charge is -2.44. The van der Waals surface area contributed by atoms with Gasteiger partial charge in [0.25, 0.3) is 0 Å². The Morgan fingerprint density at radius 2 is 1.68 bits per heavy atom. The van der Waals surface area contributed by atoms with Crippen LogP contribution in [0.3, 0.4) is 0 Å². The van der Waals surface area contributed by atoms with Gasteiger partial charge in [0.2, 0.25) is 11.1 Å². The smallest absolute Gasteiger partial charge is 0.324 e. The molecule has 2 fully saturated rings. The van der Waals surface area contributed by atoms with Crippen molar-refractivity contribution in [3.63, 3.8) is 0 Å². The molecular formula is C24H31F3N6S. The van der Waals surface area contributed by atoms with E-state index in [4.69, 9.17) is 0 Å². The van der Waals surface area contributed by atoms with Gasteiger partial charge in [0.15, 0.2) is 0 Å². The van der Waals surface area contributed by atoms with Gasteiger partial charge in [0, 0.05) is 36.3 Å². The molecule has 2 N–H and O–H groups in total. The number of hydrogen-bond donors (Lipinski definition) is 2. The van der Waals surface area contributed by atoms with Crippen LogP contribution in [0.2, 0.25) is 0 Å². The van der Waals surface area contributed by atoms with Crippen molar-refractivity contribution in [2.24, 2.45) is 0 Å². The van der Waals surface area contributed by atoms with Crippen LogP contribution in [0.1, 0.15) is 60.8 Å². The average Bonchev–Trinajstić information content (AvgIpc) is 3.58. The number of likely N-dealkylation sites (tertiary alicyclic amines) is 1. The summed E-state index contributed by atoms with van der Waals surface area (Å²) in [6, 6.07) is 2.42. The van der Waals surface area contributed by atoms with Gasteiger partial charge in [-0.15, -0.1) is 5.10 Å². The predicted octanol–water partition coefficient (Wildman–Crippen LogP) is 5.03. The van der Waals surface area contributed by atoms with Crippen LogP contribution >= 0.6 is 11.9 Å². The van der Waals surface area contributed by atoms with Crippen molar-refractivity contribution < 1.29 is 13.2 Å². The van der Waals surface area contributed by atoms with Gasteiger partial charge >= 0.3 is 6.18 Å². The monoisotopic (exact) mass is 492 g/mol. The molecule has 10 heteroatoms. The lowest BCUT2D eigenvalue weighted by Crippen LogP contribution is -2.53. The third-order valence-corrected chi connectivity index (χ3v) is 9.13. The van der Waals surface area contributed by atoms with Crippen LogP contribution in [0.4, 0.5) is 24.8 Å². The highest BCUT2D eigenvalue weighted by Gasteiger charge is 2.47. The summed E-state index contributed by atoms with van der Waals surface area (Å²) in [6.07, 6.45) is 6.06. The number of nitrogens with zero attached hydrogens (tertiary/aromatic N) is 4. The van der Waals surface area contributed by atoms with E-state index in [0.717, 1.165) is 64.5 Å². The molecule has 2 saturated heterocycles. The van der Waals surface area contributed by atoms with Crippen molar-refractivity contribution in [3.05, 3.63) is 28.3 Å². The number of alkyl halides is 3. The highest BCUT2D eigenvalue weighted by Crippen LogP contribution is 2.42.